The van der Waals surface area contributed by atoms with Crippen molar-refractivity contribution in [3.63, 3.8) is 0 Å². The number of hydrogen-bond donors (Lipinski definition) is 1. The molecule has 27 heavy (non-hydrogen) atoms. The van der Waals surface area contributed by atoms with Crippen LogP contribution in [-0.4, -0.2) is 54.2 Å². The number of alkyl carbamates (subject to hydrolysis) is 1. The fourth-order valence-corrected chi connectivity index (χ4v) is 3.60. The molecule has 0 aromatic heterocycles. The van der Waals surface area contributed by atoms with Gasteiger partial charge in [0.25, 0.3) is 0 Å². The average molecular weight is 389 g/mol. The fraction of sp³-hybridized carbons (Fsp3) is 0.850. The highest BCUT2D eigenvalue weighted by molar-refractivity contribution is 5.91. The molecule has 1 unspecified atom stereocenters. The van der Waals surface area contributed by atoms with Gasteiger partial charge in [0.05, 0.1) is 7.11 Å². The largest absolute Gasteiger partial charge is 0.467 e. The highest BCUT2D eigenvalue weighted by atomic mass is 16.6. The molecule has 4 atom stereocenters. The van der Waals surface area contributed by atoms with Gasteiger partial charge in [0.15, 0.2) is 0 Å². The van der Waals surface area contributed by atoms with Crippen LogP contribution in [0.3, 0.4) is 0 Å². The Kier molecular flexibility index (Phi) is 3.52. The second kappa shape index (κ2) is 6.67. The number of esters is 1. The molecule has 7 heteroatoms. The van der Waals surface area contributed by atoms with Gasteiger partial charge in [0.2, 0.25) is 5.91 Å². The number of nitrogens with zero attached hydrogens (tertiary/aromatic N) is 1. The molecular formula is C20H34N2O5. The van der Waals surface area contributed by atoms with Crippen molar-refractivity contribution >= 4 is 18.0 Å². The molecule has 1 N–H and O–H groups in total. The molecule has 2 amide bonds. The maximum atomic E-state index is 13.6. The summed E-state index contributed by atoms with van der Waals surface area (Å²) in [7, 11) is 1.09. The molecule has 0 bridgehead atoms. The Morgan fingerprint density at radius 1 is 1.19 bits per heavy atom. The first-order valence-electron chi connectivity index (χ1n) is 12.0. The summed E-state index contributed by atoms with van der Waals surface area (Å²) in [6.07, 6.45) is -0.825. The van der Waals surface area contributed by atoms with Crippen LogP contribution in [0.1, 0.15) is 63.5 Å². The molecular weight excluding hydrogens is 348 g/mol. The third kappa shape index (κ3) is 4.22. The van der Waals surface area contributed by atoms with E-state index in [1.165, 1.54) is 0 Å². The summed E-state index contributed by atoms with van der Waals surface area (Å²) in [5.74, 6) is -3.58. The zero-order valence-corrected chi connectivity index (χ0v) is 17.0. The van der Waals surface area contributed by atoms with Gasteiger partial charge in [-0.25, -0.2) is 9.59 Å². The number of nitrogens with one attached hydrogen (secondary N) is 1. The van der Waals surface area contributed by atoms with Crippen molar-refractivity contribution in [2.45, 2.75) is 72.9 Å². The van der Waals surface area contributed by atoms with Gasteiger partial charge in [0, 0.05) is 20.7 Å². The minimum Gasteiger partial charge on any atom is -0.467 e. The molecule has 1 aliphatic heterocycles. The van der Waals surface area contributed by atoms with Gasteiger partial charge >= 0.3 is 12.1 Å². The van der Waals surface area contributed by atoms with E-state index in [2.05, 4.69) is 5.32 Å². The topological polar surface area (TPSA) is 84.9 Å². The van der Waals surface area contributed by atoms with Gasteiger partial charge < -0.3 is 19.7 Å². The number of amides is 2. The number of methoxy groups -OCH3 is 1. The zero-order valence-electron chi connectivity index (χ0n) is 23.0. The van der Waals surface area contributed by atoms with Gasteiger partial charge in [-0.2, -0.15) is 0 Å². The van der Waals surface area contributed by atoms with Crippen LogP contribution < -0.4 is 5.32 Å². The van der Waals surface area contributed by atoms with Crippen molar-refractivity contribution in [1.82, 2.24) is 10.2 Å². The molecule has 2 fully saturated rings. The summed E-state index contributed by atoms with van der Waals surface area (Å²) >= 11 is 0. The van der Waals surface area contributed by atoms with Gasteiger partial charge in [-0.1, -0.05) is 34.5 Å². The standard InChI is InChI=1S/C20H34N2O5/c1-18(2,3)14(21-17(25)27-19(4,5)6)15(23)22-10-11-12(20(11,7)8)13(22)16(24)26-9/h11-14H,10H2,1-9H3,(H,21,25)/t11-,12-,13-,14?/m0/s1/i7D3,8D3. The zero-order chi connectivity index (χ0) is 25.9. The molecule has 0 spiro atoms. The fourth-order valence-electron chi connectivity index (χ4n) is 3.60. The van der Waals surface area contributed by atoms with Crippen LogP contribution in [0, 0.1) is 22.7 Å². The van der Waals surface area contributed by atoms with E-state index in [1.807, 2.05) is 0 Å². The van der Waals surface area contributed by atoms with Gasteiger partial charge in [0.1, 0.15) is 17.7 Å². The van der Waals surface area contributed by atoms with Crippen molar-refractivity contribution in [3.8, 4) is 0 Å². The van der Waals surface area contributed by atoms with E-state index < -0.39 is 72.0 Å². The third-order valence-corrected chi connectivity index (χ3v) is 5.00. The van der Waals surface area contributed by atoms with Gasteiger partial charge in [-0.15, -0.1) is 0 Å². The monoisotopic (exact) mass is 388 g/mol. The minimum absolute atomic E-state index is 0.247. The first kappa shape index (κ1) is 14.2. The highest BCUT2D eigenvalue weighted by Gasteiger charge is 2.70. The lowest BCUT2D eigenvalue weighted by molar-refractivity contribution is -0.154. The van der Waals surface area contributed by atoms with E-state index in [0.29, 0.717) is 0 Å². The summed E-state index contributed by atoms with van der Waals surface area (Å²) in [5, 5.41) is 2.55. The number of carbonyl (C=O) groups is 3. The quantitative estimate of drug-likeness (QED) is 0.751. The predicted octanol–water partition coefficient (Wildman–Crippen LogP) is 2.58. The van der Waals surface area contributed by atoms with Crippen LogP contribution >= 0.6 is 0 Å². The van der Waals surface area contributed by atoms with Crippen molar-refractivity contribution in [3.05, 3.63) is 0 Å². The van der Waals surface area contributed by atoms with Crippen LogP contribution in [0.4, 0.5) is 4.79 Å². The van der Waals surface area contributed by atoms with E-state index in [4.69, 9.17) is 17.7 Å². The Hall–Kier alpha value is -1.79. The average Bonchev–Trinajstić information content (AvgIpc) is 3.11. The van der Waals surface area contributed by atoms with Crippen LogP contribution in [0.2, 0.25) is 0 Å². The van der Waals surface area contributed by atoms with Crippen LogP contribution in [-0.2, 0) is 19.1 Å². The summed E-state index contributed by atoms with van der Waals surface area (Å²) in [6, 6.07) is -2.51. The van der Waals surface area contributed by atoms with Crippen LogP contribution in [0.25, 0.3) is 0 Å². The van der Waals surface area contributed by atoms with Gasteiger partial charge in [-0.05, 0) is 37.5 Å². The highest BCUT2D eigenvalue weighted by Crippen LogP contribution is 2.65. The first-order chi connectivity index (χ1) is 14.6. The predicted molar refractivity (Wildman–Crippen MR) is 101 cm³/mol. The van der Waals surface area contributed by atoms with Gasteiger partial charge in [-0.3, -0.25) is 4.79 Å². The molecule has 0 aromatic carbocycles. The van der Waals surface area contributed by atoms with E-state index >= 15 is 0 Å². The Balaban J connectivity index is 2.42. The Bertz CT molecular complexity index is 798. The number of piperidine rings is 1. The Labute approximate surface area is 170 Å². The van der Waals surface area contributed by atoms with E-state index in [-0.39, 0.29) is 6.54 Å². The van der Waals surface area contributed by atoms with Crippen molar-refractivity contribution in [1.29, 1.82) is 0 Å². The Morgan fingerprint density at radius 3 is 2.22 bits per heavy atom. The molecule has 1 aliphatic carbocycles. The maximum absolute atomic E-state index is 13.6. The normalized spacial score (nSPS) is 31.7. The van der Waals surface area contributed by atoms with Crippen molar-refractivity contribution in [2.75, 3.05) is 13.7 Å². The second-order valence-electron chi connectivity index (χ2n) is 9.41. The number of likely N-dealkylation sites (tertiary alicyclic amines) is 1. The van der Waals surface area contributed by atoms with E-state index in [1.54, 1.807) is 41.5 Å². The molecule has 1 heterocycles. The molecule has 1 saturated heterocycles. The molecule has 1 saturated carbocycles. The lowest BCUT2D eigenvalue weighted by Gasteiger charge is -2.37. The minimum atomic E-state index is -2.87. The lowest BCUT2D eigenvalue weighted by Crippen LogP contribution is -2.58. The smallest absolute Gasteiger partial charge is 0.408 e. The molecule has 7 nitrogen and oxygen atoms in total. The summed E-state index contributed by atoms with van der Waals surface area (Å²) in [6.45, 7) is 4.17. The SMILES string of the molecule is [2H]C([2H])([2H])C1(C([2H])([2H])[2H])[C@@H]2[C@@H](C(=O)OC)N(C(=O)C(NC(=O)OC(C)(C)C)C(C)(C)C)C[C@@H]21. The molecule has 2 aliphatic rings. The van der Waals surface area contributed by atoms with E-state index in [9.17, 15) is 14.4 Å². The number of ether oxygens (including phenoxy) is 2. The lowest BCUT2D eigenvalue weighted by atomic mass is 9.85. The van der Waals surface area contributed by atoms with E-state index in [0.717, 1.165) is 12.0 Å². The number of hydrogen-bond acceptors (Lipinski definition) is 5. The first-order valence-corrected chi connectivity index (χ1v) is 8.99. The van der Waals surface area contributed by atoms with Crippen molar-refractivity contribution < 1.29 is 32.1 Å². The number of carbonyl (C=O) groups excluding carboxylic acids is 3. The van der Waals surface area contributed by atoms with Crippen LogP contribution in [0.5, 0.6) is 0 Å². The Morgan fingerprint density at radius 2 is 1.78 bits per heavy atom. The molecule has 154 valence electrons. The molecule has 0 radical (unpaired) electrons. The summed E-state index contributed by atoms with van der Waals surface area (Å²) in [5.41, 5.74) is -3.71. The summed E-state index contributed by atoms with van der Waals surface area (Å²) < 4.78 is 57.6. The second-order valence-corrected chi connectivity index (χ2v) is 9.41. The van der Waals surface area contributed by atoms with Crippen molar-refractivity contribution in [2.24, 2.45) is 22.7 Å². The number of rotatable bonds is 3. The third-order valence-electron chi connectivity index (χ3n) is 5.00. The molecule has 0 aromatic rings. The maximum Gasteiger partial charge on any atom is 0.408 e. The van der Waals surface area contributed by atoms with Crippen LogP contribution in [0.15, 0.2) is 0 Å². The molecule has 2 rings (SSSR count). The number of fused-ring (bicyclic) bond motifs is 1. The summed E-state index contributed by atoms with van der Waals surface area (Å²) in [4.78, 5) is 39.8.